The maximum atomic E-state index is 5.03. The Hall–Kier alpha value is -2.97. The van der Waals surface area contributed by atoms with Crippen molar-refractivity contribution in [2.24, 2.45) is 4.99 Å². The first-order chi connectivity index (χ1) is 10.8. The van der Waals surface area contributed by atoms with Crippen LogP contribution in [0, 0.1) is 6.92 Å². The van der Waals surface area contributed by atoms with Gasteiger partial charge in [0.05, 0.1) is 13.1 Å². The summed E-state index contributed by atoms with van der Waals surface area (Å²) in [5.74, 6) is 2.53. The lowest BCUT2D eigenvalue weighted by atomic mass is 10.4. The summed E-state index contributed by atoms with van der Waals surface area (Å²) in [6.07, 6.45) is 1.92. The van der Waals surface area contributed by atoms with Crippen molar-refractivity contribution in [3.63, 3.8) is 0 Å². The van der Waals surface area contributed by atoms with Gasteiger partial charge < -0.3 is 15.2 Å². The minimum atomic E-state index is 0.404. The third-order valence-electron chi connectivity index (χ3n) is 3.00. The molecule has 3 rings (SSSR count). The fraction of sp³-hybridized carbons (Fsp3) is 0.308. The molecule has 2 N–H and O–H groups in total. The molecule has 114 valence electrons. The van der Waals surface area contributed by atoms with Crippen molar-refractivity contribution in [2.75, 3.05) is 7.05 Å². The number of rotatable bonds is 4. The molecule has 0 fully saturated rings. The van der Waals surface area contributed by atoms with Crippen LogP contribution in [0.25, 0.3) is 5.65 Å². The number of hydrogen-bond acceptors (Lipinski definition) is 6. The van der Waals surface area contributed by atoms with E-state index >= 15 is 0 Å². The minimum absolute atomic E-state index is 0.404. The van der Waals surface area contributed by atoms with Crippen molar-refractivity contribution < 1.29 is 4.52 Å². The average molecular weight is 300 g/mol. The van der Waals surface area contributed by atoms with Crippen LogP contribution in [0.15, 0.2) is 33.9 Å². The number of nitrogens with one attached hydrogen (secondary N) is 2. The van der Waals surface area contributed by atoms with Crippen molar-refractivity contribution >= 4 is 11.6 Å². The number of aromatic nitrogens is 5. The molecule has 0 radical (unpaired) electrons. The largest absolute Gasteiger partial charge is 0.349 e. The first kappa shape index (κ1) is 14.0. The van der Waals surface area contributed by atoms with Crippen LogP contribution in [0.4, 0.5) is 0 Å². The number of guanidine groups is 1. The zero-order chi connectivity index (χ0) is 15.4. The van der Waals surface area contributed by atoms with Gasteiger partial charge in [0.15, 0.2) is 23.3 Å². The van der Waals surface area contributed by atoms with E-state index in [1.807, 2.05) is 28.8 Å². The van der Waals surface area contributed by atoms with Crippen molar-refractivity contribution in [3.05, 3.63) is 41.9 Å². The molecule has 0 unspecified atom stereocenters. The summed E-state index contributed by atoms with van der Waals surface area (Å²) < 4.78 is 6.95. The molecule has 0 bridgehead atoms. The maximum Gasteiger partial charge on any atom is 0.246 e. The Labute approximate surface area is 126 Å². The van der Waals surface area contributed by atoms with E-state index in [4.69, 9.17) is 4.52 Å². The summed E-state index contributed by atoms with van der Waals surface area (Å²) in [5.41, 5.74) is 0.809. The number of fused-ring (bicyclic) bond motifs is 1. The van der Waals surface area contributed by atoms with Crippen molar-refractivity contribution in [1.29, 1.82) is 0 Å². The van der Waals surface area contributed by atoms with E-state index in [-0.39, 0.29) is 0 Å². The van der Waals surface area contributed by atoms with E-state index in [0.717, 1.165) is 11.5 Å². The first-order valence-corrected chi connectivity index (χ1v) is 6.78. The lowest BCUT2D eigenvalue weighted by Crippen LogP contribution is -2.36. The normalized spacial score (nSPS) is 11.8. The van der Waals surface area contributed by atoms with E-state index in [1.165, 1.54) is 0 Å². The van der Waals surface area contributed by atoms with E-state index in [1.54, 1.807) is 14.0 Å². The Kier molecular flexibility index (Phi) is 3.95. The van der Waals surface area contributed by atoms with E-state index in [2.05, 4.69) is 36.0 Å². The van der Waals surface area contributed by atoms with Gasteiger partial charge in [0.2, 0.25) is 5.89 Å². The highest BCUT2D eigenvalue weighted by molar-refractivity contribution is 5.79. The summed E-state index contributed by atoms with van der Waals surface area (Å²) in [6, 6.07) is 5.76. The summed E-state index contributed by atoms with van der Waals surface area (Å²) in [6.45, 7) is 2.67. The molecule has 3 aromatic rings. The Morgan fingerprint density at radius 2 is 2.14 bits per heavy atom. The molecule has 0 saturated carbocycles. The van der Waals surface area contributed by atoms with Crippen LogP contribution in [-0.4, -0.2) is 37.7 Å². The average Bonchev–Trinajstić information content (AvgIpc) is 3.14. The highest BCUT2D eigenvalue weighted by Gasteiger charge is 2.07. The Balaban J connectivity index is 1.59. The third kappa shape index (κ3) is 3.03. The van der Waals surface area contributed by atoms with Gasteiger partial charge in [-0.15, -0.1) is 10.2 Å². The van der Waals surface area contributed by atoms with Crippen LogP contribution < -0.4 is 10.6 Å². The quantitative estimate of drug-likeness (QED) is 0.527. The van der Waals surface area contributed by atoms with Crippen LogP contribution >= 0.6 is 0 Å². The summed E-state index contributed by atoms with van der Waals surface area (Å²) in [4.78, 5) is 8.25. The topological polar surface area (TPSA) is 106 Å². The fourth-order valence-corrected chi connectivity index (χ4v) is 1.97. The first-order valence-electron chi connectivity index (χ1n) is 6.78. The second-order valence-electron chi connectivity index (χ2n) is 4.56. The molecule has 0 amide bonds. The molecule has 0 aliphatic heterocycles. The SMILES string of the molecule is CN=C(NCc1nc(C)no1)NCc1nnc2ccccn12. The number of nitrogens with zero attached hydrogens (tertiary/aromatic N) is 6. The zero-order valence-corrected chi connectivity index (χ0v) is 12.3. The van der Waals surface area contributed by atoms with Gasteiger partial charge in [-0.2, -0.15) is 4.98 Å². The van der Waals surface area contributed by atoms with Crippen molar-refractivity contribution in [2.45, 2.75) is 20.0 Å². The van der Waals surface area contributed by atoms with Gasteiger partial charge in [-0.05, 0) is 19.1 Å². The standard InChI is InChI=1S/C13H16N8O/c1-9-17-12(22-20-9)8-16-13(14-2)15-7-11-19-18-10-5-3-4-6-21(10)11/h3-6H,7-8H2,1-2H3,(H2,14,15,16). The van der Waals surface area contributed by atoms with Gasteiger partial charge in [0, 0.05) is 13.2 Å². The molecule has 0 aliphatic rings. The minimum Gasteiger partial charge on any atom is -0.349 e. The predicted octanol–water partition coefficient (Wildman–Crippen LogP) is 0.286. The lowest BCUT2D eigenvalue weighted by Gasteiger charge is -2.09. The predicted molar refractivity (Wildman–Crippen MR) is 79.1 cm³/mol. The van der Waals surface area contributed by atoms with E-state index < -0.39 is 0 Å². The molecule has 22 heavy (non-hydrogen) atoms. The zero-order valence-electron chi connectivity index (χ0n) is 12.3. The highest BCUT2D eigenvalue weighted by Crippen LogP contribution is 2.02. The molecule has 0 atom stereocenters. The molecular formula is C13H16N8O. The van der Waals surface area contributed by atoms with Crippen LogP contribution in [-0.2, 0) is 13.1 Å². The van der Waals surface area contributed by atoms with Crippen LogP contribution in [0.2, 0.25) is 0 Å². The Morgan fingerprint density at radius 3 is 2.91 bits per heavy atom. The number of aliphatic imine (C=N–C) groups is 1. The Morgan fingerprint density at radius 1 is 1.27 bits per heavy atom. The van der Waals surface area contributed by atoms with Gasteiger partial charge in [-0.25, -0.2) is 0 Å². The van der Waals surface area contributed by atoms with Gasteiger partial charge in [-0.3, -0.25) is 9.39 Å². The second-order valence-corrected chi connectivity index (χ2v) is 4.56. The summed E-state index contributed by atoms with van der Waals surface area (Å²) >= 11 is 0. The molecule has 9 nitrogen and oxygen atoms in total. The Bertz CT molecular complexity index is 790. The van der Waals surface area contributed by atoms with Crippen LogP contribution in [0.5, 0.6) is 0 Å². The molecule has 3 heterocycles. The number of hydrogen-bond donors (Lipinski definition) is 2. The highest BCUT2D eigenvalue weighted by atomic mass is 16.5. The van der Waals surface area contributed by atoms with Gasteiger partial charge >= 0.3 is 0 Å². The van der Waals surface area contributed by atoms with Gasteiger partial charge in [0.1, 0.15) is 0 Å². The molecule has 0 spiro atoms. The smallest absolute Gasteiger partial charge is 0.246 e. The van der Waals surface area contributed by atoms with Gasteiger partial charge in [0.25, 0.3) is 0 Å². The molecule has 9 heteroatoms. The van der Waals surface area contributed by atoms with E-state index in [9.17, 15) is 0 Å². The molecule has 0 aromatic carbocycles. The monoisotopic (exact) mass is 300 g/mol. The lowest BCUT2D eigenvalue weighted by molar-refractivity contribution is 0.371. The maximum absolute atomic E-state index is 5.03. The molecule has 3 aromatic heterocycles. The third-order valence-corrected chi connectivity index (χ3v) is 3.00. The van der Waals surface area contributed by atoms with Crippen LogP contribution in [0.1, 0.15) is 17.5 Å². The number of aryl methyl sites for hydroxylation is 1. The number of pyridine rings is 1. The van der Waals surface area contributed by atoms with Crippen LogP contribution in [0.3, 0.4) is 0 Å². The molecular weight excluding hydrogens is 284 g/mol. The van der Waals surface area contributed by atoms with Crippen molar-refractivity contribution in [1.82, 2.24) is 35.4 Å². The summed E-state index contributed by atoms with van der Waals surface area (Å²) in [7, 11) is 1.69. The van der Waals surface area contributed by atoms with Crippen molar-refractivity contribution in [3.8, 4) is 0 Å². The molecule has 0 aliphatic carbocycles. The van der Waals surface area contributed by atoms with Gasteiger partial charge in [-0.1, -0.05) is 11.2 Å². The molecule has 0 saturated heterocycles. The second kappa shape index (κ2) is 6.20. The van der Waals surface area contributed by atoms with E-state index in [0.29, 0.717) is 30.8 Å². The fourth-order valence-electron chi connectivity index (χ4n) is 1.97. The summed E-state index contributed by atoms with van der Waals surface area (Å²) in [5, 5.41) is 18.2.